The van der Waals surface area contributed by atoms with Crippen LogP contribution in [0.25, 0.3) is 0 Å². The van der Waals surface area contributed by atoms with Crippen LogP contribution in [0, 0.1) is 12.7 Å². The molecule has 0 heterocycles. The van der Waals surface area contributed by atoms with Gasteiger partial charge in [0.15, 0.2) is 0 Å². The molecule has 0 spiro atoms. The number of amides is 1. The summed E-state index contributed by atoms with van der Waals surface area (Å²) in [5.41, 5.74) is 3.21. The van der Waals surface area contributed by atoms with Crippen molar-refractivity contribution in [3.63, 3.8) is 0 Å². The molecule has 2 rings (SSSR count). The van der Waals surface area contributed by atoms with E-state index in [2.05, 4.69) is 36.5 Å². The van der Waals surface area contributed by atoms with E-state index in [1.165, 1.54) is 23.3 Å². The average molecular weight is 303 g/mol. The fourth-order valence-electron chi connectivity index (χ4n) is 1.84. The molecule has 0 unspecified atom stereocenters. The fourth-order valence-corrected chi connectivity index (χ4v) is 2.66. The lowest BCUT2D eigenvalue weighted by atomic mass is 10.2. The van der Waals surface area contributed by atoms with Gasteiger partial charge in [-0.2, -0.15) is 0 Å². The Morgan fingerprint density at radius 1 is 1.14 bits per heavy atom. The maximum Gasteiger partial charge on any atom is 0.230 e. The minimum Gasteiger partial charge on any atom is -0.351 e. The molecule has 0 saturated carbocycles. The second-order valence-electron chi connectivity index (χ2n) is 4.89. The number of nitrogens with one attached hydrogen (secondary N) is 1. The summed E-state index contributed by atoms with van der Waals surface area (Å²) in [5, 5.41) is 2.80. The zero-order valence-electron chi connectivity index (χ0n) is 11.9. The third-order valence-electron chi connectivity index (χ3n) is 3.00. The van der Waals surface area contributed by atoms with Crippen LogP contribution in [0.5, 0.6) is 0 Å². The van der Waals surface area contributed by atoms with Crippen molar-refractivity contribution in [3.8, 4) is 0 Å². The number of hydrogen-bond acceptors (Lipinski definition) is 2. The average Bonchev–Trinajstić information content (AvgIpc) is 2.47. The van der Waals surface area contributed by atoms with E-state index in [1.54, 1.807) is 23.9 Å². The highest BCUT2D eigenvalue weighted by molar-refractivity contribution is 7.99. The summed E-state index contributed by atoms with van der Waals surface area (Å²) in [7, 11) is 0. The molecule has 0 aromatic heterocycles. The normalized spacial score (nSPS) is 10.4. The summed E-state index contributed by atoms with van der Waals surface area (Å²) >= 11 is 1.57. The van der Waals surface area contributed by atoms with Crippen molar-refractivity contribution in [1.82, 2.24) is 5.32 Å². The number of aryl methyl sites for hydroxylation is 1. The van der Waals surface area contributed by atoms with E-state index in [4.69, 9.17) is 0 Å². The number of hydrogen-bond donors (Lipinski definition) is 1. The van der Waals surface area contributed by atoms with Crippen LogP contribution in [-0.4, -0.2) is 11.7 Å². The molecule has 2 aromatic carbocycles. The third-order valence-corrected chi connectivity index (χ3v) is 4.00. The minimum atomic E-state index is -0.282. The van der Waals surface area contributed by atoms with Gasteiger partial charge >= 0.3 is 0 Å². The zero-order chi connectivity index (χ0) is 15.1. The monoisotopic (exact) mass is 303 g/mol. The van der Waals surface area contributed by atoms with Gasteiger partial charge in [-0.3, -0.25) is 4.79 Å². The Morgan fingerprint density at radius 2 is 1.90 bits per heavy atom. The molecule has 0 aliphatic carbocycles. The molecule has 0 radical (unpaired) electrons. The summed E-state index contributed by atoms with van der Waals surface area (Å²) in [6.07, 6.45) is 0. The molecule has 0 aliphatic rings. The predicted octanol–water partition coefficient (Wildman–Crippen LogP) is 3.68. The Morgan fingerprint density at radius 3 is 2.62 bits per heavy atom. The highest BCUT2D eigenvalue weighted by atomic mass is 32.2. The number of thioether (sulfide) groups is 1. The summed E-state index contributed by atoms with van der Waals surface area (Å²) < 4.78 is 13.0. The topological polar surface area (TPSA) is 29.1 Å². The molecule has 0 aliphatic heterocycles. The van der Waals surface area contributed by atoms with Crippen LogP contribution in [-0.2, 0) is 17.1 Å². The van der Waals surface area contributed by atoms with Gasteiger partial charge in [-0.1, -0.05) is 42.0 Å². The Labute approximate surface area is 128 Å². The first-order chi connectivity index (χ1) is 10.1. The first kappa shape index (κ1) is 15.6. The second kappa shape index (κ2) is 7.84. The standard InChI is InChI=1S/C17H18FNOS/c1-13-5-7-14(8-6-13)11-21-12-17(20)19-10-15-3-2-4-16(18)9-15/h2-9H,10-12H2,1H3,(H,19,20). The predicted molar refractivity (Wildman–Crippen MR) is 85.6 cm³/mol. The lowest BCUT2D eigenvalue weighted by Crippen LogP contribution is -2.24. The highest BCUT2D eigenvalue weighted by Gasteiger charge is 2.03. The van der Waals surface area contributed by atoms with E-state index in [1.807, 2.05) is 0 Å². The van der Waals surface area contributed by atoms with Crippen molar-refractivity contribution in [2.24, 2.45) is 0 Å². The molecule has 0 saturated heterocycles. The first-order valence-corrected chi connectivity index (χ1v) is 7.93. The molecular formula is C17H18FNOS. The fraction of sp³-hybridized carbons (Fsp3) is 0.235. The molecule has 0 fully saturated rings. The molecule has 1 N–H and O–H groups in total. The van der Waals surface area contributed by atoms with E-state index >= 15 is 0 Å². The van der Waals surface area contributed by atoms with Crippen molar-refractivity contribution < 1.29 is 9.18 Å². The van der Waals surface area contributed by atoms with Crippen LogP contribution >= 0.6 is 11.8 Å². The maximum atomic E-state index is 13.0. The largest absolute Gasteiger partial charge is 0.351 e. The van der Waals surface area contributed by atoms with Gasteiger partial charge < -0.3 is 5.32 Å². The van der Waals surface area contributed by atoms with Crippen LogP contribution in [0.15, 0.2) is 48.5 Å². The van der Waals surface area contributed by atoms with Gasteiger partial charge in [0.2, 0.25) is 5.91 Å². The number of halogens is 1. The van der Waals surface area contributed by atoms with Gasteiger partial charge in [0.1, 0.15) is 5.82 Å². The number of rotatable bonds is 6. The van der Waals surface area contributed by atoms with Crippen LogP contribution in [0.1, 0.15) is 16.7 Å². The van der Waals surface area contributed by atoms with E-state index in [0.717, 1.165) is 11.3 Å². The molecule has 2 nitrogen and oxygen atoms in total. The Hall–Kier alpha value is -1.81. The van der Waals surface area contributed by atoms with Crippen molar-refractivity contribution in [1.29, 1.82) is 0 Å². The Balaban J connectivity index is 1.69. The van der Waals surface area contributed by atoms with Gasteiger partial charge in [0.05, 0.1) is 5.75 Å². The molecule has 110 valence electrons. The van der Waals surface area contributed by atoms with E-state index in [9.17, 15) is 9.18 Å². The third kappa shape index (κ3) is 5.60. The van der Waals surface area contributed by atoms with Crippen LogP contribution in [0.3, 0.4) is 0 Å². The maximum absolute atomic E-state index is 13.0. The number of carbonyl (C=O) groups is 1. The molecule has 0 bridgehead atoms. The summed E-state index contributed by atoms with van der Waals surface area (Å²) in [4.78, 5) is 11.7. The summed E-state index contributed by atoms with van der Waals surface area (Å²) in [6, 6.07) is 14.5. The van der Waals surface area contributed by atoms with Gasteiger partial charge in [-0.15, -0.1) is 11.8 Å². The molecule has 4 heteroatoms. The molecular weight excluding hydrogens is 285 g/mol. The smallest absolute Gasteiger partial charge is 0.230 e. The van der Waals surface area contributed by atoms with Crippen LogP contribution < -0.4 is 5.32 Å². The van der Waals surface area contributed by atoms with Crippen molar-refractivity contribution >= 4 is 17.7 Å². The lowest BCUT2D eigenvalue weighted by Gasteiger charge is -2.06. The quantitative estimate of drug-likeness (QED) is 0.882. The molecule has 1 amide bonds. The zero-order valence-corrected chi connectivity index (χ0v) is 12.8. The van der Waals surface area contributed by atoms with Gasteiger partial charge in [0.25, 0.3) is 0 Å². The van der Waals surface area contributed by atoms with E-state index in [-0.39, 0.29) is 11.7 Å². The lowest BCUT2D eigenvalue weighted by molar-refractivity contribution is -0.118. The SMILES string of the molecule is Cc1ccc(CSCC(=O)NCc2cccc(F)c2)cc1. The number of benzene rings is 2. The van der Waals surface area contributed by atoms with E-state index < -0.39 is 0 Å². The highest BCUT2D eigenvalue weighted by Crippen LogP contribution is 2.12. The first-order valence-electron chi connectivity index (χ1n) is 6.78. The van der Waals surface area contributed by atoms with Crippen molar-refractivity contribution in [2.75, 3.05) is 5.75 Å². The summed E-state index contributed by atoms with van der Waals surface area (Å²) in [5.74, 6) is 0.906. The molecule has 0 atom stereocenters. The second-order valence-corrected chi connectivity index (χ2v) is 5.87. The number of carbonyl (C=O) groups excluding carboxylic acids is 1. The van der Waals surface area contributed by atoms with Gasteiger partial charge in [-0.05, 0) is 30.2 Å². The summed E-state index contributed by atoms with van der Waals surface area (Å²) in [6.45, 7) is 2.42. The van der Waals surface area contributed by atoms with Crippen LogP contribution in [0.4, 0.5) is 4.39 Å². The van der Waals surface area contributed by atoms with Crippen LogP contribution in [0.2, 0.25) is 0 Å². The molecule has 2 aromatic rings. The van der Waals surface area contributed by atoms with Crippen molar-refractivity contribution in [3.05, 3.63) is 71.0 Å². The Bertz CT molecular complexity index is 598. The van der Waals surface area contributed by atoms with Gasteiger partial charge in [0, 0.05) is 12.3 Å². The molecule has 21 heavy (non-hydrogen) atoms. The minimum absolute atomic E-state index is 0.0311. The Kier molecular flexibility index (Phi) is 5.81. The van der Waals surface area contributed by atoms with Crippen molar-refractivity contribution in [2.45, 2.75) is 19.2 Å². The van der Waals surface area contributed by atoms with Gasteiger partial charge in [-0.25, -0.2) is 4.39 Å². The van der Waals surface area contributed by atoms with E-state index in [0.29, 0.717) is 12.3 Å².